The van der Waals surface area contributed by atoms with E-state index in [1.807, 2.05) is 30.3 Å². The lowest BCUT2D eigenvalue weighted by Gasteiger charge is -2.30. The third kappa shape index (κ3) is 3.15. The maximum atomic E-state index is 14.2. The van der Waals surface area contributed by atoms with E-state index < -0.39 is 17.4 Å². The van der Waals surface area contributed by atoms with E-state index in [9.17, 15) is 14.4 Å². The molecule has 3 aliphatic rings. The van der Waals surface area contributed by atoms with Crippen molar-refractivity contribution in [3.05, 3.63) is 63.6 Å². The highest BCUT2D eigenvalue weighted by Gasteiger charge is 2.71. The third-order valence-electron chi connectivity index (χ3n) is 7.14. The molecule has 2 saturated heterocycles. The van der Waals surface area contributed by atoms with Crippen LogP contribution in [-0.2, 0) is 26.5 Å². The van der Waals surface area contributed by atoms with E-state index in [-0.39, 0.29) is 30.3 Å². The van der Waals surface area contributed by atoms with Crippen LogP contribution in [-0.4, -0.2) is 35.7 Å². The number of halogens is 2. The summed E-state index contributed by atoms with van der Waals surface area (Å²) in [7, 11) is 1.52. The van der Waals surface area contributed by atoms with Gasteiger partial charge in [0.05, 0.1) is 28.4 Å². The summed E-state index contributed by atoms with van der Waals surface area (Å²) < 4.78 is 0. The van der Waals surface area contributed by atoms with Gasteiger partial charge in [-0.1, -0.05) is 61.3 Å². The first-order valence-corrected chi connectivity index (χ1v) is 11.9. The van der Waals surface area contributed by atoms with Crippen molar-refractivity contribution in [1.82, 2.24) is 10.2 Å². The van der Waals surface area contributed by atoms with Gasteiger partial charge in [0.1, 0.15) is 5.54 Å². The van der Waals surface area contributed by atoms with E-state index in [0.717, 1.165) is 16.8 Å². The Morgan fingerprint density at radius 1 is 1.03 bits per heavy atom. The lowest BCUT2D eigenvalue weighted by molar-refractivity contribution is -0.141. The number of likely N-dealkylation sites (tertiary alicyclic amines) is 1. The van der Waals surface area contributed by atoms with E-state index >= 15 is 0 Å². The fraction of sp³-hybridized carbons (Fsp3) is 0.400. The van der Waals surface area contributed by atoms with E-state index in [0.29, 0.717) is 22.4 Å². The minimum atomic E-state index is -1.27. The molecule has 3 aliphatic heterocycles. The third-order valence-corrected chi connectivity index (χ3v) is 7.88. The molecule has 1 N–H and O–H groups in total. The minimum absolute atomic E-state index is 0.215. The Hall–Kier alpha value is -2.41. The number of hydrogen-bond donors (Lipinski definition) is 1. The molecule has 1 spiro atoms. The molecule has 0 unspecified atom stereocenters. The number of imide groups is 1. The lowest BCUT2D eigenvalue weighted by Crippen LogP contribution is -2.54. The van der Waals surface area contributed by atoms with Gasteiger partial charge in [-0.05, 0) is 36.1 Å². The van der Waals surface area contributed by atoms with Crippen LogP contribution >= 0.6 is 23.2 Å². The second kappa shape index (κ2) is 7.83. The average molecular weight is 486 g/mol. The largest absolute Gasteiger partial charge is 0.306 e. The van der Waals surface area contributed by atoms with Gasteiger partial charge >= 0.3 is 0 Å². The lowest BCUT2D eigenvalue weighted by atomic mass is 9.76. The molecule has 5 rings (SSSR count). The maximum absolute atomic E-state index is 14.2. The predicted octanol–water partition coefficient (Wildman–Crippen LogP) is 3.98. The first-order valence-electron chi connectivity index (χ1n) is 11.1. The SMILES string of the molecule is CC(C)C[C@@H]1N[C@]2(C(=O)N(Cc3ccc(Cl)c(Cl)c3)c3ccccc32)[C@@H]2C(=O)N(C)C(=O)[C@H]12. The highest BCUT2D eigenvalue weighted by atomic mass is 35.5. The number of benzene rings is 2. The molecule has 4 atom stereocenters. The Labute approximate surface area is 202 Å². The number of para-hydroxylation sites is 1. The smallest absolute Gasteiger partial charge is 0.253 e. The zero-order valence-corrected chi connectivity index (χ0v) is 20.2. The topological polar surface area (TPSA) is 69.7 Å². The van der Waals surface area contributed by atoms with E-state index in [4.69, 9.17) is 23.2 Å². The fourth-order valence-corrected chi connectivity index (χ4v) is 6.10. The summed E-state index contributed by atoms with van der Waals surface area (Å²) in [5, 5.41) is 4.38. The molecule has 2 aromatic carbocycles. The molecule has 33 heavy (non-hydrogen) atoms. The van der Waals surface area contributed by atoms with Crippen molar-refractivity contribution in [2.45, 2.75) is 38.4 Å². The van der Waals surface area contributed by atoms with Crippen molar-refractivity contribution in [1.29, 1.82) is 0 Å². The molecular weight excluding hydrogens is 461 g/mol. The highest BCUT2D eigenvalue weighted by Crippen LogP contribution is 2.55. The zero-order valence-electron chi connectivity index (χ0n) is 18.6. The van der Waals surface area contributed by atoms with Gasteiger partial charge < -0.3 is 4.90 Å². The molecule has 3 amide bonds. The highest BCUT2D eigenvalue weighted by molar-refractivity contribution is 6.42. The summed E-state index contributed by atoms with van der Waals surface area (Å²) >= 11 is 12.3. The Morgan fingerprint density at radius 2 is 1.76 bits per heavy atom. The van der Waals surface area contributed by atoms with Gasteiger partial charge in [-0.25, -0.2) is 0 Å². The molecular formula is C25H25Cl2N3O3. The maximum Gasteiger partial charge on any atom is 0.253 e. The van der Waals surface area contributed by atoms with Crippen LogP contribution in [0.25, 0.3) is 0 Å². The number of hydrogen-bond acceptors (Lipinski definition) is 4. The van der Waals surface area contributed by atoms with Crippen LogP contribution in [0.2, 0.25) is 10.0 Å². The number of amides is 3. The monoisotopic (exact) mass is 485 g/mol. The van der Waals surface area contributed by atoms with Crippen LogP contribution in [0, 0.1) is 17.8 Å². The Balaban J connectivity index is 1.63. The van der Waals surface area contributed by atoms with Gasteiger partial charge in [0.15, 0.2) is 0 Å². The van der Waals surface area contributed by atoms with Crippen LogP contribution in [0.3, 0.4) is 0 Å². The summed E-state index contributed by atoms with van der Waals surface area (Å²) in [6.07, 6.45) is 0.692. The van der Waals surface area contributed by atoms with Crippen LogP contribution in [0.15, 0.2) is 42.5 Å². The molecule has 0 aromatic heterocycles. The molecule has 0 bridgehead atoms. The number of carbonyl (C=O) groups excluding carboxylic acids is 3. The molecule has 6 nitrogen and oxygen atoms in total. The predicted molar refractivity (Wildman–Crippen MR) is 127 cm³/mol. The number of nitrogens with zero attached hydrogens (tertiary/aromatic N) is 2. The zero-order chi connectivity index (χ0) is 23.7. The van der Waals surface area contributed by atoms with Gasteiger partial charge in [0, 0.05) is 24.3 Å². The van der Waals surface area contributed by atoms with Crippen molar-refractivity contribution in [3.8, 4) is 0 Å². The standard InChI is InChI=1S/C25H25Cl2N3O3/c1-13(2)10-18-20-21(23(32)29(3)22(20)31)25(28-18)15-6-4-5-7-19(15)30(24(25)33)12-14-8-9-16(26)17(27)11-14/h4-9,11,13,18,20-21,28H,10,12H2,1-3H3/t18-,20+,21-,25-/m0/s1. The van der Waals surface area contributed by atoms with E-state index in [1.54, 1.807) is 17.0 Å². The number of anilines is 1. The van der Waals surface area contributed by atoms with Crippen molar-refractivity contribution < 1.29 is 14.4 Å². The van der Waals surface area contributed by atoms with Crippen molar-refractivity contribution >= 4 is 46.6 Å². The molecule has 2 fully saturated rings. The molecule has 0 radical (unpaired) electrons. The number of rotatable bonds is 4. The van der Waals surface area contributed by atoms with Crippen molar-refractivity contribution in [2.75, 3.05) is 11.9 Å². The van der Waals surface area contributed by atoms with Gasteiger partial charge in [-0.15, -0.1) is 0 Å². The van der Waals surface area contributed by atoms with Crippen molar-refractivity contribution in [3.63, 3.8) is 0 Å². The van der Waals surface area contributed by atoms with Gasteiger partial charge in [-0.3, -0.25) is 24.6 Å². The summed E-state index contributed by atoms with van der Waals surface area (Å²) in [6.45, 7) is 4.43. The Bertz CT molecular complexity index is 1180. The fourth-order valence-electron chi connectivity index (χ4n) is 5.78. The number of nitrogens with one attached hydrogen (secondary N) is 1. The number of fused-ring (bicyclic) bond motifs is 4. The second-order valence-electron chi connectivity index (χ2n) is 9.58. The normalized spacial score (nSPS) is 28.4. The van der Waals surface area contributed by atoms with Gasteiger partial charge in [0.25, 0.3) is 5.91 Å². The molecule has 0 saturated carbocycles. The molecule has 8 heteroatoms. The van der Waals surface area contributed by atoms with Crippen LogP contribution in [0.5, 0.6) is 0 Å². The summed E-state index contributed by atoms with van der Waals surface area (Å²) in [4.78, 5) is 43.5. The first-order chi connectivity index (χ1) is 15.7. The summed E-state index contributed by atoms with van der Waals surface area (Å²) in [5.74, 6) is -1.77. The van der Waals surface area contributed by atoms with Crippen molar-refractivity contribution in [2.24, 2.45) is 17.8 Å². The van der Waals surface area contributed by atoms with Gasteiger partial charge in [0.2, 0.25) is 11.8 Å². The average Bonchev–Trinajstić information content (AvgIpc) is 3.31. The van der Waals surface area contributed by atoms with Gasteiger partial charge in [-0.2, -0.15) is 0 Å². The molecule has 2 aromatic rings. The van der Waals surface area contributed by atoms with Crippen LogP contribution in [0.4, 0.5) is 5.69 Å². The first kappa shape index (κ1) is 22.4. The summed E-state index contributed by atoms with van der Waals surface area (Å²) in [6, 6.07) is 12.5. The van der Waals surface area contributed by atoms with E-state index in [2.05, 4.69) is 19.2 Å². The van der Waals surface area contributed by atoms with Crippen LogP contribution in [0.1, 0.15) is 31.4 Å². The Morgan fingerprint density at radius 3 is 2.45 bits per heavy atom. The molecule has 0 aliphatic carbocycles. The minimum Gasteiger partial charge on any atom is -0.306 e. The Kier molecular flexibility index (Phi) is 5.31. The molecule has 3 heterocycles. The number of carbonyl (C=O) groups is 3. The summed E-state index contributed by atoms with van der Waals surface area (Å²) in [5.41, 5.74) is 1.03. The quantitative estimate of drug-likeness (QED) is 0.664. The van der Waals surface area contributed by atoms with E-state index in [1.165, 1.54) is 11.9 Å². The van der Waals surface area contributed by atoms with Crippen LogP contribution < -0.4 is 10.2 Å². The second-order valence-corrected chi connectivity index (χ2v) is 10.4. The molecule has 172 valence electrons.